The van der Waals surface area contributed by atoms with Crippen molar-refractivity contribution in [1.29, 1.82) is 0 Å². The minimum atomic E-state index is -0.999. The number of aromatic nitrogens is 1. The molecule has 2 aliphatic rings. The average molecular weight is 390 g/mol. The van der Waals surface area contributed by atoms with Gasteiger partial charge in [0, 0.05) is 30.5 Å². The number of aliphatic hydroxyl groups excluding tert-OH is 2. The van der Waals surface area contributed by atoms with E-state index in [0.29, 0.717) is 29.8 Å². The van der Waals surface area contributed by atoms with Gasteiger partial charge in [-0.15, -0.1) is 0 Å². The van der Waals surface area contributed by atoms with Crippen LogP contribution >= 0.6 is 0 Å². The van der Waals surface area contributed by atoms with E-state index >= 15 is 0 Å². The maximum absolute atomic E-state index is 11.8. The van der Waals surface area contributed by atoms with E-state index < -0.39 is 17.5 Å². The molecular formula is C23H22N2O4. The van der Waals surface area contributed by atoms with E-state index in [0.717, 1.165) is 5.56 Å². The van der Waals surface area contributed by atoms with Gasteiger partial charge in [0.05, 0.1) is 17.2 Å². The van der Waals surface area contributed by atoms with Crippen molar-refractivity contribution < 1.29 is 20.1 Å². The normalized spacial score (nSPS) is 28.2. The smallest absolute Gasteiger partial charge is 0.336 e. The number of aliphatic hydroxyl groups is 2. The third-order valence-corrected chi connectivity index (χ3v) is 6.65. The van der Waals surface area contributed by atoms with Gasteiger partial charge in [-0.25, -0.2) is 9.78 Å². The molecule has 148 valence electrons. The summed E-state index contributed by atoms with van der Waals surface area (Å²) < 4.78 is 0. The molecule has 6 heteroatoms. The molecular weight excluding hydrogens is 368 g/mol. The highest BCUT2D eigenvalue weighted by atomic mass is 16.4. The van der Waals surface area contributed by atoms with E-state index in [-0.39, 0.29) is 24.0 Å². The van der Waals surface area contributed by atoms with Gasteiger partial charge in [0.15, 0.2) is 0 Å². The van der Waals surface area contributed by atoms with Crippen LogP contribution in [0.2, 0.25) is 0 Å². The van der Waals surface area contributed by atoms with E-state index in [1.807, 2.05) is 41.3 Å². The van der Waals surface area contributed by atoms with Crippen LogP contribution in [0.3, 0.4) is 0 Å². The van der Waals surface area contributed by atoms with Crippen molar-refractivity contribution in [2.45, 2.75) is 12.0 Å². The molecule has 4 atom stereocenters. The fourth-order valence-corrected chi connectivity index (χ4v) is 5.24. The van der Waals surface area contributed by atoms with Gasteiger partial charge in [-0.1, -0.05) is 48.5 Å². The number of hydrogen-bond acceptors (Lipinski definition) is 5. The first-order chi connectivity index (χ1) is 14.1. The van der Waals surface area contributed by atoms with Crippen molar-refractivity contribution >= 4 is 22.7 Å². The van der Waals surface area contributed by atoms with Gasteiger partial charge in [-0.05, 0) is 29.5 Å². The molecule has 0 unspecified atom stereocenters. The molecule has 3 N–H and O–H groups in total. The molecule has 1 saturated heterocycles. The topological polar surface area (TPSA) is 93.9 Å². The molecule has 6 nitrogen and oxygen atoms in total. The number of para-hydroxylation sites is 1. The average Bonchev–Trinajstić information content (AvgIpc) is 3.28. The molecule has 0 radical (unpaired) electrons. The van der Waals surface area contributed by atoms with E-state index in [1.54, 1.807) is 24.3 Å². The van der Waals surface area contributed by atoms with Gasteiger partial charge < -0.3 is 20.2 Å². The Hall–Kier alpha value is -2.96. The lowest BCUT2D eigenvalue weighted by molar-refractivity contribution is 0.0699. The lowest BCUT2D eigenvalue weighted by Crippen LogP contribution is -2.23. The monoisotopic (exact) mass is 390 g/mol. The fraction of sp³-hybridized carbons (Fsp3) is 0.304. The highest BCUT2D eigenvalue weighted by Crippen LogP contribution is 2.68. The minimum Gasteiger partial charge on any atom is -0.478 e. The summed E-state index contributed by atoms with van der Waals surface area (Å²) in [5.41, 5.74) is 1.50. The summed E-state index contributed by atoms with van der Waals surface area (Å²) in [5, 5.41) is 31.2. The number of anilines is 1. The second-order valence-corrected chi connectivity index (χ2v) is 8.04. The Bertz CT molecular complexity index is 1090. The number of fused-ring (bicyclic) bond motifs is 1. The van der Waals surface area contributed by atoms with Crippen molar-refractivity contribution in [1.82, 2.24) is 4.98 Å². The quantitative estimate of drug-likeness (QED) is 0.634. The zero-order valence-corrected chi connectivity index (χ0v) is 15.8. The van der Waals surface area contributed by atoms with Crippen LogP contribution in [0.4, 0.5) is 5.82 Å². The van der Waals surface area contributed by atoms with Gasteiger partial charge in [0.2, 0.25) is 0 Å². The van der Waals surface area contributed by atoms with Crippen LogP contribution in [0.1, 0.15) is 21.8 Å². The molecule has 1 spiro atoms. The first-order valence-electron chi connectivity index (χ1n) is 9.78. The molecule has 1 aliphatic carbocycles. The molecule has 0 amide bonds. The Labute approximate surface area is 168 Å². The van der Waals surface area contributed by atoms with E-state index in [4.69, 9.17) is 0 Å². The highest BCUT2D eigenvalue weighted by molar-refractivity contribution is 6.03. The third-order valence-electron chi connectivity index (χ3n) is 6.65. The summed E-state index contributed by atoms with van der Waals surface area (Å²) in [6.07, 6.45) is -0.619. The summed E-state index contributed by atoms with van der Waals surface area (Å²) in [6.45, 7) is 0.906. The Kier molecular flexibility index (Phi) is 4.08. The summed E-state index contributed by atoms with van der Waals surface area (Å²) in [6, 6.07) is 18.7. The second-order valence-electron chi connectivity index (χ2n) is 8.04. The summed E-state index contributed by atoms with van der Waals surface area (Å²) in [4.78, 5) is 18.4. The van der Waals surface area contributed by atoms with Crippen molar-refractivity contribution in [2.75, 3.05) is 24.6 Å². The predicted molar refractivity (Wildman–Crippen MR) is 109 cm³/mol. The number of rotatable bonds is 4. The number of pyridine rings is 1. The standard InChI is InChI=1S/C23H22N2O4/c26-12-17-21(14-6-2-1-3-7-14)23(17)13-25(11-19(23)27)20-10-16(22(28)29)15-8-4-5-9-18(15)24-20/h1-10,17,19,21,26-27H,11-13H2,(H,28,29)/t17-,19+,21-,23-/m1/s1. The molecule has 1 saturated carbocycles. The zero-order chi connectivity index (χ0) is 20.2. The lowest BCUT2D eigenvalue weighted by atomic mass is 9.95. The first kappa shape index (κ1) is 18.1. The third kappa shape index (κ3) is 2.63. The largest absolute Gasteiger partial charge is 0.478 e. The van der Waals surface area contributed by atoms with Crippen LogP contribution in [0.15, 0.2) is 60.7 Å². The van der Waals surface area contributed by atoms with Crippen LogP contribution < -0.4 is 4.90 Å². The molecule has 1 aromatic heterocycles. The number of nitrogens with zero attached hydrogens (tertiary/aromatic N) is 2. The van der Waals surface area contributed by atoms with Gasteiger partial charge in [0.1, 0.15) is 5.82 Å². The van der Waals surface area contributed by atoms with Crippen molar-refractivity contribution in [3.63, 3.8) is 0 Å². The number of carbonyl (C=O) groups is 1. The van der Waals surface area contributed by atoms with E-state index in [9.17, 15) is 20.1 Å². The number of β-amino-alcohol motifs (C(OH)–C–C–N with tert-alkyl or cyclic N) is 1. The SMILES string of the molecule is O=C(O)c1cc(N2C[C@H](O)[C@@]3(C2)[C@H](CO)[C@H]3c2ccccc2)nc2ccccc12. The number of benzene rings is 2. The Morgan fingerprint density at radius 1 is 1.14 bits per heavy atom. The predicted octanol–water partition coefficient (Wildman–Crippen LogP) is 2.51. The van der Waals surface area contributed by atoms with Crippen molar-refractivity contribution in [2.24, 2.45) is 11.3 Å². The molecule has 2 heterocycles. The van der Waals surface area contributed by atoms with Crippen molar-refractivity contribution in [3.8, 4) is 0 Å². The molecule has 5 rings (SSSR count). The summed E-state index contributed by atoms with van der Waals surface area (Å²) in [7, 11) is 0. The van der Waals surface area contributed by atoms with Gasteiger partial charge in [-0.3, -0.25) is 0 Å². The zero-order valence-electron chi connectivity index (χ0n) is 15.8. The van der Waals surface area contributed by atoms with E-state index in [1.165, 1.54) is 0 Å². The van der Waals surface area contributed by atoms with Gasteiger partial charge >= 0.3 is 5.97 Å². The number of aromatic carboxylic acids is 1. The second kappa shape index (κ2) is 6.54. The van der Waals surface area contributed by atoms with Crippen LogP contribution in [-0.4, -0.2) is 52.1 Å². The Morgan fingerprint density at radius 3 is 2.59 bits per heavy atom. The summed E-state index contributed by atoms with van der Waals surface area (Å²) in [5.74, 6) is -0.397. The fourth-order valence-electron chi connectivity index (χ4n) is 5.24. The van der Waals surface area contributed by atoms with Crippen LogP contribution in [0, 0.1) is 11.3 Å². The van der Waals surface area contributed by atoms with Crippen LogP contribution in [0.5, 0.6) is 0 Å². The lowest BCUT2D eigenvalue weighted by Gasteiger charge is -2.19. The molecule has 1 aliphatic heterocycles. The van der Waals surface area contributed by atoms with Crippen LogP contribution in [0.25, 0.3) is 10.9 Å². The van der Waals surface area contributed by atoms with Crippen molar-refractivity contribution in [3.05, 3.63) is 71.8 Å². The number of carboxylic acids is 1. The van der Waals surface area contributed by atoms with Gasteiger partial charge in [0.25, 0.3) is 0 Å². The number of carboxylic acid groups (broad SMARTS) is 1. The van der Waals surface area contributed by atoms with E-state index in [2.05, 4.69) is 4.98 Å². The van der Waals surface area contributed by atoms with Gasteiger partial charge in [-0.2, -0.15) is 0 Å². The highest BCUT2D eigenvalue weighted by Gasteiger charge is 2.71. The Balaban J connectivity index is 1.53. The first-order valence-corrected chi connectivity index (χ1v) is 9.78. The molecule has 2 fully saturated rings. The maximum Gasteiger partial charge on any atom is 0.336 e. The minimum absolute atomic E-state index is 0.00991. The maximum atomic E-state index is 11.8. The molecule has 3 aromatic rings. The Morgan fingerprint density at radius 2 is 1.86 bits per heavy atom. The van der Waals surface area contributed by atoms with Crippen LogP contribution in [-0.2, 0) is 0 Å². The molecule has 0 bridgehead atoms. The molecule has 2 aromatic carbocycles. The summed E-state index contributed by atoms with van der Waals surface area (Å²) >= 11 is 0. The molecule has 29 heavy (non-hydrogen) atoms. The number of hydrogen-bond donors (Lipinski definition) is 3.